The molecule has 0 bridgehead atoms. The van der Waals surface area contributed by atoms with Gasteiger partial charge in [-0.3, -0.25) is 0 Å². The molecule has 1 aliphatic carbocycles. The minimum atomic E-state index is -0.317. The number of methoxy groups -OCH3 is 2. The zero-order chi connectivity index (χ0) is 16.4. The minimum absolute atomic E-state index is 0.317. The Kier molecular flexibility index (Phi) is 4.15. The zero-order valence-electron chi connectivity index (χ0n) is 13.6. The lowest BCUT2D eigenvalue weighted by Crippen LogP contribution is -2.07. The highest BCUT2D eigenvalue weighted by atomic mass is 16.5. The van der Waals surface area contributed by atoms with Gasteiger partial charge in [-0.05, 0) is 54.7 Å². The molecule has 3 rings (SSSR count). The van der Waals surface area contributed by atoms with Crippen LogP contribution in [0.5, 0.6) is 5.88 Å². The molecule has 0 radical (unpaired) electrons. The third-order valence-electron chi connectivity index (χ3n) is 4.14. The molecule has 0 N–H and O–H groups in total. The lowest BCUT2D eigenvalue weighted by molar-refractivity contribution is 0.0600. The van der Waals surface area contributed by atoms with Crippen molar-refractivity contribution in [2.45, 2.75) is 19.8 Å². The van der Waals surface area contributed by atoms with E-state index < -0.39 is 0 Å². The van der Waals surface area contributed by atoms with E-state index in [1.807, 2.05) is 37.3 Å². The molecule has 0 spiro atoms. The molecule has 0 atom stereocenters. The van der Waals surface area contributed by atoms with Gasteiger partial charge in [0.2, 0.25) is 5.88 Å². The van der Waals surface area contributed by atoms with Gasteiger partial charge in [0.1, 0.15) is 0 Å². The summed E-state index contributed by atoms with van der Waals surface area (Å²) in [6.07, 6.45) is 4.16. The number of allylic oxidation sites excluding steroid dienone is 1. The van der Waals surface area contributed by atoms with Crippen LogP contribution in [0.1, 0.15) is 39.2 Å². The molecule has 0 saturated heterocycles. The van der Waals surface area contributed by atoms with Crippen molar-refractivity contribution in [2.24, 2.45) is 0 Å². The molecule has 1 aromatic carbocycles. The van der Waals surface area contributed by atoms with Gasteiger partial charge in [0.05, 0.1) is 19.8 Å². The second kappa shape index (κ2) is 6.24. The predicted octanol–water partition coefficient (Wildman–Crippen LogP) is 3.56. The Balaban J connectivity index is 2.09. The van der Waals surface area contributed by atoms with E-state index in [9.17, 15) is 4.79 Å². The SMILES string of the molecule is COC(=O)c1ccc2c(c1)C(c1ccc(OC)nc1C)=CCC2. The summed E-state index contributed by atoms with van der Waals surface area (Å²) in [7, 11) is 3.01. The summed E-state index contributed by atoms with van der Waals surface area (Å²) in [5.74, 6) is 0.286. The lowest BCUT2D eigenvalue weighted by atomic mass is 9.85. The minimum Gasteiger partial charge on any atom is -0.481 e. The second-order valence-corrected chi connectivity index (χ2v) is 5.51. The van der Waals surface area contributed by atoms with Gasteiger partial charge in [0.15, 0.2) is 0 Å². The number of pyridine rings is 1. The molecule has 4 nitrogen and oxygen atoms in total. The summed E-state index contributed by atoms with van der Waals surface area (Å²) in [6.45, 7) is 1.97. The van der Waals surface area contributed by atoms with Crippen LogP contribution < -0.4 is 4.74 Å². The Hall–Kier alpha value is -2.62. The van der Waals surface area contributed by atoms with Crippen LogP contribution in [0, 0.1) is 6.92 Å². The number of hydrogen-bond acceptors (Lipinski definition) is 4. The maximum absolute atomic E-state index is 11.8. The number of benzene rings is 1. The summed E-state index contributed by atoms with van der Waals surface area (Å²) < 4.78 is 10.0. The summed E-state index contributed by atoms with van der Waals surface area (Å²) in [5.41, 5.74) is 5.98. The standard InChI is InChI=1S/C19H19NO3/c1-12-15(9-10-18(20-12)22-2)16-6-4-5-13-7-8-14(11-17(13)16)19(21)23-3/h6-11H,4-5H2,1-3H3. The maximum Gasteiger partial charge on any atom is 0.337 e. The van der Waals surface area contributed by atoms with Crippen molar-refractivity contribution in [3.8, 4) is 5.88 Å². The molecule has 23 heavy (non-hydrogen) atoms. The Labute approximate surface area is 135 Å². The lowest BCUT2D eigenvalue weighted by Gasteiger charge is -2.20. The Bertz CT molecular complexity index is 793. The van der Waals surface area contributed by atoms with Crippen LogP contribution in [0.3, 0.4) is 0 Å². The number of fused-ring (bicyclic) bond motifs is 1. The average Bonchev–Trinajstić information content (AvgIpc) is 2.60. The number of nitrogens with zero attached hydrogens (tertiary/aromatic N) is 1. The van der Waals surface area contributed by atoms with Crippen LogP contribution in [0.2, 0.25) is 0 Å². The first-order valence-corrected chi connectivity index (χ1v) is 7.58. The molecule has 0 unspecified atom stereocenters. The van der Waals surface area contributed by atoms with Crippen molar-refractivity contribution in [2.75, 3.05) is 14.2 Å². The number of aryl methyl sites for hydroxylation is 2. The van der Waals surface area contributed by atoms with E-state index in [1.54, 1.807) is 7.11 Å². The van der Waals surface area contributed by atoms with E-state index in [4.69, 9.17) is 9.47 Å². The first-order valence-electron chi connectivity index (χ1n) is 7.58. The Morgan fingerprint density at radius 2 is 1.96 bits per heavy atom. The van der Waals surface area contributed by atoms with Crippen LogP contribution in [0.15, 0.2) is 36.4 Å². The maximum atomic E-state index is 11.8. The molecular formula is C19H19NO3. The zero-order valence-corrected chi connectivity index (χ0v) is 13.6. The fraction of sp³-hybridized carbons (Fsp3) is 0.263. The third-order valence-corrected chi connectivity index (χ3v) is 4.14. The molecule has 0 fully saturated rings. The number of esters is 1. The number of aromatic nitrogens is 1. The van der Waals surface area contributed by atoms with Crippen LogP contribution in [0.4, 0.5) is 0 Å². The number of ether oxygens (including phenoxy) is 2. The van der Waals surface area contributed by atoms with Gasteiger partial charge in [-0.25, -0.2) is 9.78 Å². The van der Waals surface area contributed by atoms with Crippen molar-refractivity contribution in [1.82, 2.24) is 4.98 Å². The molecule has 1 aromatic heterocycles. The highest BCUT2D eigenvalue weighted by Gasteiger charge is 2.18. The number of carbonyl (C=O) groups is 1. The molecule has 1 heterocycles. The summed E-state index contributed by atoms with van der Waals surface area (Å²) >= 11 is 0. The summed E-state index contributed by atoms with van der Waals surface area (Å²) in [5, 5.41) is 0. The van der Waals surface area contributed by atoms with Gasteiger partial charge in [-0.1, -0.05) is 12.1 Å². The highest BCUT2D eigenvalue weighted by molar-refractivity contribution is 5.92. The van der Waals surface area contributed by atoms with E-state index in [2.05, 4.69) is 11.1 Å². The van der Waals surface area contributed by atoms with Crippen LogP contribution in [-0.4, -0.2) is 25.2 Å². The Morgan fingerprint density at radius 1 is 1.13 bits per heavy atom. The average molecular weight is 309 g/mol. The molecule has 0 amide bonds. The number of hydrogen-bond donors (Lipinski definition) is 0. The van der Waals surface area contributed by atoms with Gasteiger partial charge in [0, 0.05) is 17.3 Å². The molecule has 118 valence electrons. The highest BCUT2D eigenvalue weighted by Crippen LogP contribution is 2.34. The molecular weight excluding hydrogens is 290 g/mol. The van der Waals surface area contributed by atoms with E-state index >= 15 is 0 Å². The van der Waals surface area contributed by atoms with Crippen molar-refractivity contribution in [1.29, 1.82) is 0 Å². The number of rotatable bonds is 3. The topological polar surface area (TPSA) is 48.4 Å². The van der Waals surface area contributed by atoms with E-state index in [1.165, 1.54) is 12.7 Å². The van der Waals surface area contributed by atoms with Gasteiger partial charge in [-0.15, -0.1) is 0 Å². The molecule has 1 aliphatic rings. The largest absolute Gasteiger partial charge is 0.481 e. The van der Waals surface area contributed by atoms with Gasteiger partial charge in [0.25, 0.3) is 0 Å². The van der Waals surface area contributed by atoms with Crippen molar-refractivity contribution in [3.63, 3.8) is 0 Å². The first-order chi connectivity index (χ1) is 11.1. The molecule has 0 saturated carbocycles. The molecule has 0 aliphatic heterocycles. The van der Waals surface area contributed by atoms with Crippen LogP contribution in [0.25, 0.3) is 5.57 Å². The van der Waals surface area contributed by atoms with E-state index in [0.29, 0.717) is 11.4 Å². The smallest absolute Gasteiger partial charge is 0.337 e. The van der Waals surface area contributed by atoms with Gasteiger partial charge in [-0.2, -0.15) is 0 Å². The predicted molar refractivity (Wildman–Crippen MR) is 88.7 cm³/mol. The fourth-order valence-corrected chi connectivity index (χ4v) is 2.96. The molecule has 2 aromatic rings. The summed E-state index contributed by atoms with van der Waals surface area (Å²) in [4.78, 5) is 16.3. The van der Waals surface area contributed by atoms with Gasteiger partial charge < -0.3 is 9.47 Å². The van der Waals surface area contributed by atoms with Crippen LogP contribution in [-0.2, 0) is 11.2 Å². The van der Waals surface area contributed by atoms with Crippen molar-refractivity contribution in [3.05, 3.63) is 64.4 Å². The van der Waals surface area contributed by atoms with Crippen LogP contribution >= 0.6 is 0 Å². The van der Waals surface area contributed by atoms with Gasteiger partial charge >= 0.3 is 5.97 Å². The third kappa shape index (κ3) is 2.84. The normalized spacial score (nSPS) is 13.1. The fourth-order valence-electron chi connectivity index (χ4n) is 2.96. The first kappa shape index (κ1) is 15.3. The monoisotopic (exact) mass is 309 g/mol. The van der Waals surface area contributed by atoms with E-state index in [0.717, 1.165) is 35.2 Å². The van der Waals surface area contributed by atoms with Crippen molar-refractivity contribution < 1.29 is 14.3 Å². The quantitative estimate of drug-likeness (QED) is 0.813. The molecule has 4 heteroatoms. The summed E-state index contributed by atoms with van der Waals surface area (Å²) in [6, 6.07) is 9.64. The van der Waals surface area contributed by atoms with Crippen molar-refractivity contribution >= 4 is 11.5 Å². The second-order valence-electron chi connectivity index (χ2n) is 5.51. The Morgan fingerprint density at radius 3 is 2.65 bits per heavy atom. The van der Waals surface area contributed by atoms with E-state index in [-0.39, 0.29) is 5.97 Å². The number of carbonyl (C=O) groups excluding carboxylic acids is 1.